The van der Waals surface area contributed by atoms with Crippen LogP contribution in [-0.4, -0.2) is 37.1 Å². The van der Waals surface area contributed by atoms with Crippen LogP contribution in [0, 0.1) is 10.1 Å². The SMILES string of the molecule is CCC(CC)[NH+]1CC[NH+](Cc2ccc([N+](=O)[O-])cc2)CC1. The molecule has 0 radical (unpaired) electrons. The second kappa shape index (κ2) is 7.52. The van der Waals surface area contributed by atoms with E-state index in [9.17, 15) is 10.1 Å². The van der Waals surface area contributed by atoms with Crippen molar-refractivity contribution in [2.75, 3.05) is 26.2 Å². The molecule has 5 nitrogen and oxygen atoms in total. The van der Waals surface area contributed by atoms with Crippen LogP contribution >= 0.6 is 0 Å². The lowest BCUT2D eigenvalue weighted by Crippen LogP contribution is -3.29. The van der Waals surface area contributed by atoms with E-state index in [0.29, 0.717) is 0 Å². The van der Waals surface area contributed by atoms with Gasteiger partial charge in [0.2, 0.25) is 0 Å². The van der Waals surface area contributed by atoms with Crippen LogP contribution in [0.5, 0.6) is 0 Å². The lowest BCUT2D eigenvalue weighted by Gasteiger charge is -2.34. The predicted molar refractivity (Wildman–Crippen MR) is 82.6 cm³/mol. The molecule has 2 N–H and O–H groups in total. The molecule has 0 atom stereocenters. The van der Waals surface area contributed by atoms with E-state index in [1.165, 1.54) is 44.6 Å². The fourth-order valence-electron chi connectivity index (χ4n) is 3.40. The normalized spacial score (nSPS) is 22.4. The zero-order valence-corrected chi connectivity index (χ0v) is 13.1. The van der Waals surface area contributed by atoms with Gasteiger partial charge in [0.05, 0.1) is 11.0 Å². The van der Waals surface area contributed by atoms with Gasteiger partial charge < -0.3 is 9.80 Å². The molecule has 0 unspecified atom stereocenters. The molecule has 1 aliphatic heterocycles. The third-order valence-electron chi connectivity index (χ3n) is 4.76. The molecule has 0 bridgehead atoms. The fraction of sp³-hybridized carbons (Fsp3) is 0.625. The fourth-order valence-corrected chi connectivity index (χ4v) is 3.40. The van der Waals surface area contributed by atoms with E-state index < -0.39 is 0 Å². The van der Waals surface area contributed by atoms with Crippen LogP contribution in [0.1, 0.15) is 32.3 Å². The molecule has 0 amide bonds. The summed E-state index contributed by atoms with van der Waals surface area (Å²) in [6.07, 6.45) is 2.53. The van der Waals surface area contributed by atoms with E-state index in [0.717, 1.165) is 12.6 Å². The molecule has 0 aliphatic carbocycles. The van der Waals surface area contributed by atoms with Crippen LogP contribution in [-0.2, 0) is 6.54 Å². The number of nitro benzene ring substituents is 1. The minimum absolute atomic E-state index is 0.178. The summed E-state index contributed by atoms with van der Waals surface area (Å²) in [5.41, 5.74) is 1.37. The van der Waals surface area contributed by atoms with Crippen LogP contribution in [0.4, 0.5) is 5.69 Å². The molecule has 116 valence electrons. The Bertz CT molecular complexity index is 449. The van der Waals surface area contributed by atoms with Crippen LogP contribution in [0.15, 0.2) is 24.3 Å². The molecule has 5 heteroatoms. The quantitative estimate of drug-likeness (QED) is 0.576. The van der Waals surface area contributed by atoms with Crippen molar-refractivity contribution < 1.29 is 14.7 Å². The van der Waals surface area contributed by atoms with Gasteiger partial charge in [0.1, 0.15) is 32.7 Å². The van der Waals surface area contributed by atoms with E-state index in [1.807, 2.05) is 12.1 Å². The molecule has 1 heterocycles. The van der Waals surface area contributed by atoms with Gasteiger partial charge in [-0.15, -0.1) is 0 Å². The molecular formula is C16H27N3O2+2. The summed E-state index contributed by atoms with van der Waals surface area (Å²) in [7, 11) is 0. The highest BCUT2D eigenvalue weighted by Gasteiger charge is 2.27. The first-order chi connectivity index (χ1) is 10.1. The molecule has 2 rings (SSSR count). The van der Waals surface area contributed by atoms with Crippen molar-refractivity contribution in [1.82, 2.24) is 0 Å². The molecule has 0 aromatic heterocycles. The van der Waals surface area contributed by atoms with Crippen molar-refractivity contribution in [3.63, 3.8) is 0 Å². The van der Waals surface area contributed by atoms with Gasteiger partial charge in [-0.3, -0.25) is 10.1 Å². The first-order valence-corrected chi connectivity index (χ1v) is 8.05. The smallest absolute Gasteiger partial charge is 0.269 e. The van der Waals surface area contributed by atoms with Crippen LogP contribution in [0.3, 0.4) is 0 Å². The van der Waals surface area contributed by atoms with Gasteiger partial charge in [0.25, 0.3) is 5.69 Å². The Morgan fingerprint density at radius 2 is 1.67 bits per heavy atom. The highest BCUT2D eigenvalue weighted by molar-refractivity contribution is 5.32. The first kappa shape index (κ1) is 15.9. The number of nitrogens with one attached hydrogen (secondary N) is 2. The zero-order valence-electron chi connectivity index (χ0n) is 13.1. The van der Waals surface area contributed by atoms with Gasteiger partial charge in [0, 0.05) is 17.7 Å². The summed E-state index contributed by atoms with van der Waals surface area (Å²) in [5.74, 6) is 0. The minimum atomic E-state index is -0.339. The number of hydrogen-bond acceptors (Lipinski definition) is 2. The van der Waals surface area contributed by atoms with Crippen LogP contribution < -0.4 is 9.80 Å². The van der Waals surface area contributed by atoms with E-state index in [4.69, 9.17) is 0 Å². The van der Waals surface area contributed by atoms with Gasteiger partial charge in [-0.25, -0.2) is 0 Å². The van der Waals surface area contributed by atoms with E-state index in [2.05, 4.69) is 13.8 Å². The summed E-state index contributed by atoms with van der Waals surface area (Å²) in [6.45, 7) is 10.4. The summed E-state index contributed by atoms with van der Waals surface area (Å²) in [5, 5.41) is 10.7. The molecule has 0 saturated carbocycles. The van der Waals surface area contributed by atoms with E-state index >= 15 is 0 Å². The van der Waals surface area contributed by atoms with Crippen LogP contribution in [0.2, 0.25) is 0 Å². The number of rotatable bonds is 6. The van der Waals surface area contributed by atoms with E-state index in [-0.39, 0.29) is 10.6 Å². The Morgan fingerprint density at radius 3 is 2.14 bits per heavy atom. The standard InChI is InChI=1S/C16H25N3O2/c1-3-15(4-2)18-11-9-17(10-12-18)13-14-5-7-16(8-6-14)19(20)21/h5-8,15H,3-4,9-13H2,1-2H3/p+2. The third kappa shape index (κ3) is 4.25. The highest BCUT2D eigenvalue weighted by atomic mass is 16.6. The Labute approximate surface area is 126 Å². The molecule has 1 aromatic rings. The average molecular weight is 293 g/mol. The largest absolute Gasteiger partial charge is 0.323 e. The van der Waals surface area contributed by atoms with Crippen molar-refractivity contribution in [2.45, 2.75) is 39.3 Å². The molecule has 1 saturated heterocycles. The van der Waals surface area contributed by atoms with Crippen molar-refractivity contribution in [1.29, 1.82) is 0 Å². The molecule has 21 heavy (non-hydrogen) atoms. The van der Waals surface area contributed by atoms with Crippen molar-refractivity contribution in [2.24, 2.45) is 0 Å². The maximum absolute atomic E-state index is 10.7. The number of non-ortho nitro benzene ring substituents is 1. The molecular weight excluding hydrogens is 266 g/mol. The Kier molecular flexibility index (Phi) is 5.70. The maximum Gasteiger partial charge on any atom is 0.269 e. The van der Waals surface area contributed by atoms with Crippen molar-refractivity contribution in [3.8, 4) is 0 Å². The third-order valence-corrected chi connectivity index (χ3v) is 4.76. The van der Waals surface area contributed by atoms with Gasteiger partial charge in [-0.05, 0) is 25.0 Å². The molecule has 1 aliphatic rings. The van der Waals surface area contributed by atoms with Crippen LogP contribution in [0.25, 0.3) is 0 Å². The van der Waals surface area contributed by atoms with Crippen molar-refractivity contribution in [3.05, 3.63) is 39.9 Å². The van der Waals surface area contributed by atoms with Gasteiger partial charge in [-0.1, -0.05) is 13.8 Å². The van der Waals surface area contributed by atoms with E-state index in [1.54, 1.807) is 21.9 Å². The monoisotopic (exact) mass is 293 g/mol. The number of nitro groups is 1. The number of quaternary nitrogens is 2. The number of nitrogens with zero attached hydrogens (tertiary/aromatic N) is 1. The Hall–Kier alpha value is -1.46. The number of benzene rings is 1. The lowest BCUT2D eigenvalue weighted by molar-refractivity contribution is -1.03. The highest BCUT2D eigenvalue weighted by Crippen LogP contribution is 2.11. The first-order valence-electron chi connectivity index (χ1n) is 8.05. The summed E-state index contributed by atoms with van der Waals surface area (Å²) < 4.78 is 0. The summed E-state index contributed by atoms with van der Waals surface area (Å²) >= 11 is 0. The summed E-state index contributed by atoms with van der Waals surface area (Å²) in [4.78, 5) is 13.7. The van der Waals surface area contributed by atoms with Gasteiger partial charge in [-0.2, -0.15) is 0 Å². The topological polar surface area (TPSA) is 52.0 Å². The summed E-state index contributed by atoms with van der Waals surface area (Å²) in [6, 6.07) is 7.82. The van der Waals surface area contributed by atoms with Gasteiger partial charge in [0.15, 0.2) is 0 Å². The Balaban J connectivity index is 1.84. The molecule has 1 fully saturated rings. The molecule has 0 spiro atoms. The average Bonchev–Trinajstić information content (AvgIpc) is 2.51. The zero-order chi connectivity index (χ0) is 15.2. The predicted octanol–water partition coefficient (Wildman–Crippen LogP) is 0.0668. The number of hydrogen-bond donors (Lipinski definition) is 2. The second-order valence-electron chi connectivity index (χ2n) is 6.02. The Morgan fingerprint density at radius 1 is 1.10 bits per heavy atom. The number of piperazine rings is 1. The maximum atomic E-state index is 10.7. The molecule has 1 aromatic carbocycles. The lowest BCUT2D eigenvalue weighted by atomic mass is 10.1. The minimum Gasteiger partial charge on any atom is -0.323 e. The van der Waals surface area contributed by atoms with Crippen molar-refractivity contribution >= 4 is 5.69 Å². The second-order valence-corrected chi connectivity index (χ2v) is 6.02. The van der Waals surface area contributed by atoms with Gasteiger partial charge >= 0.3 is 0 Å².